The number of hydrogen-bond acceptors (Lipinski definition) is 2. The second kappa shape index (κ2) is 5.27. The Morgan fingerprint density at radius 3 is 3.12 bits per heavy atom. The maximum atomic E-state index is 13.1. The molecule has 1 heterocycles. The number of amides is 1. The minimum absolute atomic E-state index is 0.107. The van der Waals surface area contributed by atoms with E-state index in [0.717, 1.165) is 19.4 Å². The van der Waals surface area contributed by atoms with Gasteiger partial charge in [-0.2, -0.15) is 0 Å². The molecule has 1 unspecified atom stereocenters. The van der Waals surface area contributed by atoms with Crippen molar-refractivity contribution in [2.45, 2.75) is 18.9 Å². The number of methoxy groups -OCH3 is 1. The first-order valence-corrected chi connectivity index (χ1v) is 5.78. The van der Waals surface area contributed by atoms with Gasteiger partial charge in [0.15, 0.2) is 0 Å². The number of benzene rings is 1. The zero-order chi connectivity index (χ0) is 12.3. The van der Waals surface area contributed by atoms with E-state index in [9.17, 15) is 9.18 Å². The number of ether oxygens (including phenoxy) is 1. The highest BCUT2D eigenvalue weighted by atomic mass is 19.1. The highest BCUT2D eigenvalue weighted by Crippen LogP contribution is 2.20. The van der Waals surface area contributed by atoms with E-state index in [2.05, 4.69) is 0 Å². The van der Waals surface area contributed by atoms with Crippen molar-refractivity contribution in [2.75, 3.05) is 20.3 Å². The molecule has 0 aliphatic carbocycles. The molecule has 1 fully saturated rings. The summed E-state index contributed by atoms with van der Waals surface area (Å²) in [6, 6.07) is 5.95. The van der Waals surface area contributed by atoms with Gasteiger partial charge in [-0.05, 0) is 31.0 Å². The van der Waals surface area contributed by atoms with E-state index in [4.69, 9.17) is 4.74 Å². The van der Waals surface area contributed by atoms with E-state index in [0.29, 0.717) is 12.2 Å². The Hall–Kier alpha value is -1.42. The van der Waals surface area contributed by atoms with Gasteiger partial charge in [0.2, 0.25) is 0 Å². The van der Waals surface area contributed by atoms with Gasteiger partial charge in [-0.25, -0.2) is 4.39 Å². The van der Waals surface area contributed by atoms with Crippen LogP contribution in [0.5, 0.6) is 0 Å². The van der Waals surface area contributed by atoms with Gasteiger partial charge in [0.25, 0.3) is 5.91 Å². The fraction of sp³-hybridized carbons (Fsp3) is 0.462. The van der Waals surface area contributed by atoms with E-state index >= 15 is 0 Å². The van der Waals surface area contributed by atoms with Crippen LogP contribution in [0.2, 0.25) is 0 Å². The molecule has 1 aliphatic heterocycles. The Bertz CT molecular complexity index is 408. The molecule has 17 heavy (non-hydrogen) atoms. The topological polar surface area (TPSA) is 29.5 Å². The molecule has 0 spiro atoms. The van der Waals surface area contributed by atoms with Crippen LogP contribution in [0.1, 0.15) is 23.2 Å². The number of carbonyl (C=O) groups excluding carboxylic acids is 1. The summed E-state index contributed by atoms with van der Waals surface area (Å²) in [5.41, 5.74) is 0.410. The first-order chi connectivity index (χ1) is 8.22. The van der Waals surface area contributed by atoms with Gasteiger partial charge in [-0.15, -0.1) is 0 Å². The van der Waals surface area contributed by atoms with Gasteiger partial charge in [-0.3, -0.25) is 4.79 Å². The van der Waals surface area contributed by atoms with Crippen molar-refractivity contribution < 1.29 is 13.9 Å². The number of nitrogens with zero attached hydrogens (tertiary/aromatic N) is 1. The van der Waals surface area contributed by atoms with Crippen molar-refractivity contribution in [2.24, 2.45) is 0 Å². The van der Waals surface area contributed by atoms with Crippen LogP contribution in [0, 0.1) is 5.82 Å². The molecule has 1 aliphatic rings. The summed E-state index contributed by atoms with van der Waals surface area (Å²) in [5.74, 6) is -0.484. The van der Waals surface area contributed by atoms with Crippen molar-refractivity contribution in [3.05, 3.63) is 35.6 Å². The van der Waals surface area contributed by atoms with Gasteiger partial charge in [0.1, 0.15) is 5.82 Å². The zero-order valence-corrected chi connectivity index (χ0v) is 9.86. The van der Waals surface area contributed by atoms with Gasteiger partial charge < -0.3 is 9.64 Å². The summed E-state index contributed by atoms with van der Waals surface area (Å²) in [7, 11) is 1.63. The van der Waals surface area contributed by atoms with Crippen molar-refractivity contribution in [3.8, 4) is 0 Å². The second-order valence-electron chi connectivity index (χ2n) is 4.26. The maximum Gasteiger partial charge on any atom is 0.254 e. The molecular weight excluding hydrogens is 221 g/mol. The summed E-state index contributed by atoms with van der Waals surface area (Å²) in [6.07, 6.45) is 1.93. The van der Waals surface area contributed by atoms with Gasteiger partial charge in [-0.1, -0.05) is 6.07 Å². The van der Waals surface area contributed by atoms with Gasteiger partial charge in [0.05, 0.1) is 12.6 Å². The van der Waals surface area contributed by atoms with Crippen molar-refractivity contribution in [3.63, 3.8) is 0 Å². The fourth-order valence-electron chi connectivity index (χ4n) is 2.26. The Morgan fingerprint density at radius 2 is 2.41 bits per heavy atom. The highest BCUT2D eigenvalue weighted by molar-refractivity contribution is 5.94. The summed E-state index contributed by atoms with van der Waals surface area (Å²) in [5, 5.41) is 0. The van der Waals surface area contributed by atoms with Crippen LogP contribution in [0.25, 0.3) is 0 Å². The smallest absolute Gasteiger partial charge is 0.254 e. The molecule has 0 saturated carbocycles. The van der Waals surface area contributed by atoms with Crippen molar-refractivity contribution in [1.82, 2.24) is 4.90 Å². The number of carbonyl (C=O) groups is 1. The third-order valence-electron chi connectivity index (χ3n) is 3.07. The molecule has 1 amide bonds. The van der Waals surface area contributed by atoms with Crippen molar-refractivity contribution in [1.29, 1.82) is 0 Å². The molecule has 4 heteroatoms. The van der Waals surface area contributed by atoms with E-state index < -0.39 is 0 Å². The van der Waals surface area contributed by atoms with Crippen LogP contribution in [0.3, 0.4) is 0 Å². The molecule has 0 radical (unpaired) electrons. The Kier molecular flexibility index (Phi) is 3.74. The predicted octanol–water partition coefficient (Wildman–Crippen LogP) is 2.08. The van der Waals surface area contributed by atoms with Crippen LogP contribution in [-0.4, -0.2) is 37.1 Å². The number of likely N-dealkylation sites (tertiary alicyclic amines) is 1. The highest BCUT2D eigenvalue weighted by Gasteiger charge is 2.29. The predicted molar refractivity (Wildman–Crippen MR) is 62.3 cm³/mol. The normalized spacial score (nSPS) is 19.6. The van der Waals surface area contributed by atoms with Crippen LogP contribution in [0.4, 0.5) is 4.39 Å². The van der Waals surface area contributed by atoms with Crippen molar-refractivity contribution >= 4 is 5.91 Å². The molecule has 1 aromatic carbocycles. The lowest BCUT2D eigenvalue weighted by molar-refractivity contribution is 0.0630. The molecule has 1 atom stereocenters. The molecule has 2 rings (SSSR count). The minimum Gasteiger partial charge on any atom is -0.383 e. The summed E-state index contributed by atoms with van der Waals surface area (Å²) >= 11 is 0. The summed E-state index contributed by atoms with van der Waals surface area (Å²) < 4.78 is 18.2. The molecular formula is C13H16FNO2. The first-order valence-electron chi connectivity index (χ1n) is 5.78. The van der Waals surface area contributed by atoms with Gasteiger partial charge >= 0.3 is 0 Å². The molecule has 0 aromatic heterocycles. The number of hydrogen-bond donors (Lipinski definition) is 0. The quantitative estimate of drug-likeness (QED) is 0.805. The molecule has 1 aromatic rings. The maximum absolute atomic E-state index is 13.1. The van der Waals surface area contributed by atoms with Crippen LogP contribution in [-0.2, 0) is 4.74 Å². The average molecular weight is 237 g/mol. The average Bonchev–Trinajstić information content (AvgIpc) is 2.77. The second-order valence-corrected chi connectivity index (χ2v) is 4.26. The lowest BCUT2D eigenvalue weighted by Gasteiger charge is -2.24. The first kappa shape index (κ1) is 12.0. The van der Waals surface area contributed by atoms with E-state index in [1.165, 1.54) is 12.1 Å². The third-order valence-corrected chi connectivity index (χ3v) is 3.07. The largest absolute Gasteiger partial charge is 0.383 e. The lowest BCUT2D eigenvalue weighted by Crippen LogP contribution is -2.38. The van der Waals surface area contributed by atoms with Gasteiger partial charge in [0, 0.05) is 19.2 Å². The molecule has 1 saturated heterocycles. The number of rotatable bonds is 3. The Labute approximate surface area is 100 Å². The monoisotopic (exact) mass is 237 g/mol. The lowest BCUT2D eigenvalue weighted by atomic mass is 10.1. The molecule has 3 nitrogen and oxygen atoms in total. The molecule has 0 bridgehead atoms. The fourth-order valence-corrected chi connectivity index (χ4v) is 2.26. The number of halogens is 1. The van der Waals surface area contributed by atoms with E-state index in [-0.39, 0.29) is 17.8 Å². The van der Waals surface area contributed by atoms with Crippen LogP contribution in [0.15, 0.2) is 24.3 Å². The Balaban J connectivity index is 2.14. The van der Waals surface area contributed by atoms with Crippen LogP contribution < -0.4 is 0 Å². The Morgan fingerprint density at radius 1 is 1.59 bits per heavy atom. The summed E-state index contributed by atoms with van der Waals surface area (Å²) in [6.45, 7) is 1.27. The van der Waals surface area contributed by atoms with E-state index in [1.54, 1.807) is 24.1 Å². The molecule has 0 N–H and O–H groups in total. The van der Waals surface area contributed by atoms with Crippen LogP contribution >= 0.6 is 0 Å². The standard InChI is InChI=1S/C13H16FNO2/c1-17-9-12-6-3-7-15(12)13(16)10-4-2-5-11(14)8-10/h2,4-5,8,12H,3,6-7,9H2,1H3. The van der Waals surface area contributed by atoms with E-state index in [1.807, 2.05) is 0 Å². The molecule has 92 valence electrons. The third kappa shape index (κ3) is 2.64. The SMILES string of the molecule is COCC1CCCN1C(=O)c1cccc(F)c1. The zero-order valence-electron chi connectivity index (χ0n) is 9.86. The minimum atomic E-state index is -0.377. The summed E-state index contributed by atoms with van der Waals surface area (Å²) in [4.78, 5) is 14.0.